The number of nitrogens with zero attached hydrogens (tertiary/aromatic N) is 1. The van der Waals surface area contributed by atoms with Gasteiger partial charge >= 0.3 is 0 Å². The Balaban J connectivity index is 1.94. The quantitative estimate of drug-likeness (QED) is 0.837. The van der Waals surface area contributed by atoms with Crippen LogP contribution in [0.5, 0.6) is 0 Å². The van der Waals surface area contributed by atoms with Gasteiger partial charge in [-0.05, 0) is 58.1 Å². The Morgan fingerprint density at radius 3 is 2.85 bits per heavy atom. The zero-order valence-corrected chi connectivity index (χ0v) is 12.7. The molecule has 2 aromatic carbocycles. The Morgan fingerprint density at radius 1 is 1.20 bits per heavy atom. The third-order valence-electron chi connectivity index (χ3n) is 3.78. The van der Waals surface area contributed by atoms with Crippen molar-refractivity contribution in [2.24, 2.45) is 0 Å². The lowest BCUT2D eigenvalue weighted by atomic mass is 9.99. The molecule has 2 aromatic rings. The standard InChI is InChI=1S/C16H16BrFN2/c17-16-11(4-1-6-13(16)18)10-20-9-3-5-12-14(19)7-2-8-15(12)20/h1-2,4,6-8H,3,5,9-10,19H2. The van der Waals surface area contributed by atoms with Crippen LogP contribution < -0.4 is 10.6 Å². The maximum atomic E-state index is 13.6. The summed E-state index contributed by atoms with van der Waals surface area (Å²) in [5, 5.41) is 0. The van der Waals surface area contributed by atoms with Crippen molar-refractivity contribution in [3.63, 3.8) is 0 Å². The zero-order valence-electron chi connectivity index (χ0n) is 11.1. The molecule has 0 fully saturated rings. The van der Waals surface area contributed by atoms with Crippen molar-refractivity contribution in [2.45, 2.75) is 19.4 Å². The number of nitrogen functional groups attached to an aromatic ring is 1. The second-order valence-electron chi connectivity index (χ2n) is 5.08. The molecule has 1 heterocycles. The first-order valence-electron chi connectivity index (χ1n) is 6.72. The van der Waals surface area contributed by atoms with E-state index < -0.39 is 0 Å². The highest BCUT2D eigenvalue weighted by Crippen LogP contribution is 2.33. The minimum atomic E-state index is -0.215. The normalized spacial score (nSPS) is 14.2. The first-order chi connectivity index (χ1) is 9.66. The number of halogens is 2. The van der Waals surface area contributed by atoms with E-state index in [4.69, 9.17) is 5.73 Å². The van der Waals surface area contributed by atoms with Gasteiger partial charge < -0.3 is 10.6 Å². The summed E-state index contributed by atoms with van der Waals surface area (Å²) in [4.78, 5) is 2.27. The van der Waals surface area contributed by atoms with Crippen LogP contribution in [0.2, 0.25) is 0 Å². The van der Waals surface area contributed by atoms with Gasteiger partial charge in [-0.15, -0.1) is 0 Å². The van der Waals surface area contributed by atoms with Crippen LogP contribution >= 0.6 is 15.9 Å². The molecule has 0 atom stereocenters. The molecule has 0 saturated heterocycles. The van der Waals surface area contributed by atoms with Crippen LogP contribution in [0.4, 0.5) is 15.8 Å². The van der Waals surface area contributed by atoms with Crippen molar-refractivity contribution in [3.05, 3.63) is 57.8 Å². The maximum Gasteiger partial charge on any atom is 0.137 e. The van der Waals surface area contributed by atoms with E-state index in [1.807, 2.05) is 18.2 Å². The molecule has 20 heavy (non-hydrogen) atoms. The fourth-order valence-electron chi connectivity index (χ4n) is 2.77. The predicted molar refractivity (Wildman–Crippen MR) is 84.3 cm³/mol. The number of fused-ring (bicyclic) bond motifs is 1. The largest absolute Gasteiger partial charge is 0.398 e. The van der Waals surface area contributed by atoms with Gasteiger partial charge in [0.2, 0.25) is 0 Å². The molecule has 0 bridgehead atoms. The van der Waals surface area contributed by atoms with Crippen LogP contribution in [-0.4, -0.2) is 6.54 Å². The Kier molecular flexibility index (Phi) is 3.66. The van der Waals surface area contributed by atoms with E-state index in [9.17, 15) is 4.39 Å². The molecule has 2 N–H and O–H groups in total. The molecular formula is C16H16BrFN2. The summed E-state index contributed by atoms with van der Waals surface area (Å²) in [5.41, 5.74) is 10.3. The summed E-state index contributed by atoms with van der Waals surface area (Å²) in [6.45, 7) is 1.66. The number of rotatable bonds is 2. The van der Waals surface area contributed by atoms with Crippen molar-refractivity contribution in [3.8, 4) is 0 Å². The lowest BCUT2D eigenvalue weighted by molar-refractivity contribution is 0.615. The summed E-state index contributed by atoms with van der Waals surface area (Å²) in [5.74, 6) is -0.215. The number of hydrogen-bond donors (Lipinski definition) is 1. The monoisotopic (exact) mass is 334 g/mol. The smallest absolute Gasteiger partial charge is 0.137 e. The Labute approximate surface area is 126 Å². The van der Waals surface area contributed by atoms with E-state index in [2.05, 4.69) is 26.9 Å². The van der Waals surface area contributed by atoms with E-state index in [1.165, 1.54) is 17.3 Å². The van der Waals surface area contributed by atoms with Gasteiger partial charge in [0.15, 0.2) is 0 Å². The van der Waals surface area contributed by atoms with Gasteiger partial charge in [0.1, 0.15) is 5.82 Å². The minimum Gasteiger partial charge on any atom is -0.398 e. The summed E-state index contributed by atoms with van der Waals surface area (Å²) in [7, 11) is 0. The highest BCUT2D eigenvalue weighted by Gasteiger charge is 2.19. The number of anilines is 2. The van der Waals surface area contributed by atoms with E-state index in [0.717, 1.165) is 30.6 Å². The SMILES string of the molecule is Nc1cccc2c1CCCN2Cc1cccc(F)c1Br. The van der Waals surface area contributed by atoms with Crippen LogP contribution in [0.15, 0.2) is 40.9 Å². The predicted octanol–water partition coefficient (Wildman–Crippen LogP) is 4.12. The molecule has 3 rings (SSSR count). The first-order valence-corrected chi connectivity index (χ1v) is 7.51. The summed E-state index contributed by atoms with van der Waals surface area (Å²) in [6.07, 6.45) is 2.09. The van der Waals surface area contributed by atoms with Gasteiger partial charge in [-0.1, -0.05) is 18.2 Å². The van der Waals surface area contributed by atoms with Crippen molar-refractivity contribution < 1.29 is 4.39 Å². The van der Waals surface area contributed by atoms with Crippen LogP contribution in [0.25, 0.3) is 0 Å². The molecule has 0 aliphatic carbocycles. The summed E-state index contributed by atoms with van der Waals surface area (Å²) >= 11 is 3.34. The summed E-state index contributed by atoms with van der Waals surface area (Å²) in [6, 6.07) is 11.2. The third kappa shape index (κ3) is 2.40. The minimum absolute atomic E-state index is 0.215. The molecule has 0 spiro atoms. The van der Waals surface area contributed by atoms with E-state index >= 15 is 0 Å². The van der Waals surface area contributed by atoms with Crippen molar-refractivity contribution in [1.29, 1.82) is 0 Å². The highest BCUT2D eigenvalue weighted by atomic mass is 79.9. The molecule has 0 aromatic heterocycles. The topological polar surface area (TPSA) is 29.3 Å². The highest BCUT2D eigenvalue weighted by molar-refractivity contribution is 9.10. The molecule has 0 unspecified atom stereocenters. The Morgan fingerprint density at radius 2 is 2.00 bits per heavy atom. The van der Waals surface area contributed by atoms with Crippen LogP contribution in [-0.2, 0) is 13.0 Å². The first kappa shape index (κ1) is 13.4. The van der Waals surface area contributed by atoms with Crippen LogP contribution in [0, 0.1) is 5.82 Å². The van der Waals surface area contributed by atoms with E-state index in [1.54, 1.807) is 6.07 Å². The van der Waals surface area contributed by atoms with Gasteiger partial charge in [-0.2, -0.15) is 0 Å². The fourth-order valence-corrected chi connectivity index (χ4v) is 3.16. The van der Waals surface area contributed by atoms with Crippen LogP contribution in [0.1, 0.15) is 17.5 Å². The van der Waals surface area contributed by atoms with Gasteiger partial charge in [-0.3, -0.25) is 0 Å². The van der Waals surface area contributed by atoms with Gasteiger partial charge in [0.25, 0.3) is 0 Å². The van der Waals surface area contributed by atoms with Crippen LogP contribution in [0.3, 0.4) is 0 Å². The number of hydrogen-bond acceptors (Lipinski definition) is 2. The summed E-state index contributed by atoms with van der Waals surface area (Å²) < 4.78 is 14.2. The lowest BCUT2D eigenvalue weighted by Crippen LogP contribution is -2.29. The second-order valence-corrected chi connectivity index (χ2v) is 5.88. The molecule has 0 amide bonds. The fraction of sp³-hybridized carbons (Fsp3) is 0.250. The molecule has 0 radical (unpaired) electrons. The molecule has 4 heteroatoms. The molecule has 1 aliphatic heterocycles. The zero-order chi connectivity index (χ0) is 14.1. The van der Waals surface area contributed by atoms with E-state index in [0.29, 0.717) is 11.0 Å². The maximum absolute atomic E-state index is 13.6. The second kappa shape index (κ2) is 5.44. The Bertz CT molecular complexity index is 642. The van der Waals surface area contributed by atoms with Crippen molar-refractivity contribution in [2.75, 3.05) is 17.2 Å². The van der Waals surface area contributed by atoms with Crippen molar-refractivity contribution >= 4 is 27.3 Å². The lowest BCUT2D eigenvalue weighted by Gasteiger charge is -2.32. The molecule has 104 valence electrons. The number of benzene rings is 2. The molecular weight excluding hydrogens is 319 g/mol. The van der Waals surface area contributed by atoms with Gasteiger partial charge in [0.05, 0.1) is 4.47 Å². The number of nitrogens with two attached hydrogens (primary N) is 1. The van der Waals surface area contributed by atoms with Crippen molar-refractivity contribution in [1.82, 2.24) is 0 Å². The Hall–Kier alpha value is -1.55. The molecule has 0 saturated carbocycles. The average molecular weight is 335 g/mol. The molecule has 1 aliphatic rings. The molecule has 2 nitrogen and oxygen atoms in total. The third-order valence-corrected chi connectivity index (χ3v) is 4.66. The van der Waals surface area contributed by atoms with Gasteiger partial charge in [0, 0.05) is 24.5 Å². The van der Waals surface area contributed by atoms with E-state index in [-0.39, 0.29) is 5.82 Å². The average Bonchev–Trinajstić information content (AvgIpc) is 2.45. The van der Waals surface area contributed by atoms with Gasteiger partial charge in [-0.25, -0.2) is 4.39 Å².